The van der Waals surface area contributed by atoms with Crippen molar-refractivity contribution in [1.82, 2.24) is 0 Å². The standard InChI is InChI=1S/C10H7ClN2S/c11-3-6-1-8(13)2-9-7(4-12)5-14-10(6)9/h1-2,5H,3,13H2. The summed E-state index contributed by atoms with van der Waals surface area (Å²) < 4.78 is 1.06. The molecule has 14 heavy (non-hydrogen) atoms. The molecule has 2 aromatic rings. The molecular formula is C10H7ClN2S. The van der Waals surface area contributed by atoms with E-state index < -0.39 is 0 Å². The van der Waals surface area contributed by atoms with Gasteiger partial charge in [-0.15, -0.1) is 22.9 Å². The zero-order valence-corrected chi connectivity index (χ0v) is 8.82. The van der Waals surface area contributed by atoms with Gasteiger partial charge in [0.05, 0.1) is 5.56 Å². The second-order valence-corrected chi connectivity index (χ2v) is 4.10. The lowest BCUT2D eigenvalue weighted by Gasteiger charge is -2.00. The van der Waals surface area contributed by atoms with E-state index in [0.717, 1.165) is 15.6 Å². The molecule has 0 aliphatic rings. The number of benzene rings is 1. The van der Waals surface area contributed by atoms with Crippen LogP contribution >= 0.6 is 22.9 Å². The maximum atomic E-state index is 8.86. The van der Waals surface area contributed by atoms with Gasteiger partial charge in [0.2, 0.25) is 0 Å². The summed E-state index contributed by atoms with van der Waals surface area (Å²) in [5.41, 5.74) is 8.04. The van der Waals surface area contributed by atoms with Crippen LogP contribution in [0.4, 0.5) is 5.69 Å². The summed E-state index contributed by atoms with van der Waals surface area (Å²) in [6.45, 7) is 0. The molecule has 2 N–H and O–H groups in total. The highest BCUT2D eigenvalue weighted by Gasteiger charge is 2.08. The number of fused-ring (bicyclic) bond motifs is 1. The second kappa shape index (κ2) is 3.49. The molecule has 0 saturated heterocycles. The van der Waals surface area contributed by atoms with E-state index in [1.54, 1.807) is 0 Å². The van der Waals surface area contributed by atoms with Crippen LogP contribution in [0.2, 0.25) is 0 Å². The Morgan fingerprint density at radius 3 is 2.93 bits per heavy atom. The van der Waals surface area contributed by atoms with Crippen molar-refractivity contribution in [2.45, 2.75) is 5.88 Å². The second-order valence-electron chi connectivity index (χ2n) is 2.95. The van der Waals surface area contributed by atoms with Crippen molar-refractivity contribution in [2.75, 3.05) is 5.73 Å². The summed E-state index contributed by atoms with van der Waals surface area (Å²) in [5, 5.41) is 11.6. The fourth-order valence-electron chi connectivity index (χ4n) is 1.42. The van der Waals surface area contributed by atoms with Gasteiger partial charge in [0, 0.05) is 27.0 Å². The predicted molar refractivity (Wildman–Crippen MR) is 60.5 cm³/mol. The Morgan fingerprint density at radius 2 is 2.29 bits per heavy atom. The molecule has 0 unspecified atom stereocenters. The molecule has 0 saturated carbocycles. The van der Waals surface area contributed by atoms with E-state index in [4.69, 9.17) is 22.6 Å². The van der Waals surface area contributed by atoms with E-state index in [1.807, 2.05) is 17.5 Å². The van der Waals surface area contributed by atoms with Crippen molar-refractivity contribution in [3.63, 3.8) is 0 Å². The molecule has 2 nitrogen and oxygen atoms in total. The first kappa shape index (κ1) is 9.32. The molecule has 0 fully saturated rings. The van der Waals surface area contributed by atoms with Crippen molar-refractivity contribution < 1.29 is 0 Å². The number of hydrogen-bond acceptors (Lipinski definition) is 3. The van der Waals surface area contributed by atoms with Crippen LogP contribution in [0.25, 0.3) is 10.1 Å². The lowest BCUT2D eigenvalue weighted by molar-refractivity contribution is 1.47. The molecule has 1 heterocycles. The minimum Gasteiger partial charge on any atom is -0.399 e. The minimum absolute atomic E-state index is 0.424. The molecule has 0 spiro atoms. The zero-order chi connectivity index (χ0) is 10.1. The Morgan fingerprint density at radius 1 is 1.50 bits per heavy atom. The van der Waals surface area contributed by atoms with E-state index in [9.17, 15) is 0 Å². The number of alkyl halides is 1. The zero-order valence-electron chi connectivity index (χ0n) is 7.25. The Labute approximate surface area is 90.5 Å². The molecule has 2 rings (SSSR count). The van der Waals surface area contributed by atoms with Crippen LogP contribution in [-0.4, -0.2) is 0 Å². The normalized spacial score (nSPS) is 10.3. The quantitative estimate of drug-likeness (QED) is 0.596. The molecule has 1 aromatic heterocycles. The first-order valence-corrected chi connectivity index (χ1v) is 5.43. The molecule has 70 valence electrons. The smallest absolute Gasteiger partial charge is 0.101 e. The van der Waals surface area contributed by atoms with Crippen LogP contribution in [0.3, 0.4) is 0 Å². The van der Waals surface area contributed by atoms with Crippen LogP contribution in [0.15, 0.2) is 17.5 Å². The highest BCUT2D eigenvalue weighted by Crippen LogP contribution is 2.31. The van der Waals surface area contributed by atoms with Crippen LogP contribution in [0.5, 0.6) is 0 Å². The fourth-order valence-corrected chi connectivity index (χ4v) is 2.70. The van der Waals surface area contributed by atoms with Crippen LogP contribution in [-0.2, 0) is 5.88 Å². The molecule has 0 aliphatic heterocycles. The van der Waals surface area contributed by atoms with Gasteiger partial charge in [-0.25, -0.2) is 0 Å². The maximum absolute atomic E-state index is 8.86. The van der Waals surface area contributed by atoms with Gasteiger partial charge in [-0.05, 0) is 17.7 Å². The summed E-state index contributed by atoms with van der Waals surface area (Å²) >= 11 is 7.33. The van der Waals surface area contributed by atoms with Crippen molar-refractivity contribution in [2.24, 2.45) is 0 Å². The Kier molecular flexibility index (Phi) is 2.32. The SMILES string of the molecule is N#Cc1csc2c(CCl)cc(N)cc12. The topological polar surface area (TPSA) is 49.8 Å². The number of nitrogens with zero attached hydrogens (tertiary/aromatic N) is 1. The van der Waals surface area contributed by atoms with Gasteiger partial charge in [-0.3, -0.25) is 0 Å². The predicted octanol–water partition coefficient (Wildman–Crippen LogP) is 3.09. The first-order valence-electron chi connectivity index (χ1n) is 4.02. The molecule has 0 radical (unpaired) electrons. The molecule has 1 aromatic carbocycles. The van der Waals surface area contributed by atoms with E-state index in [0.29, 0.717) is 17.1 Å². The summed E-state index contributed by atoms with van der Waals surface area (Å²) in [6.07, 6.45) is 0. The van der Waals surface area contributed by atoms with Gasteiger partial charge in [0.25, 0.3) is 0 Å². The summed E-state index contributed by atoms with van der Waals surface area (Å²) in [4.78, 5) is 0. The number of nitrogen functional groups attached to an aromatic ring is 1. The molecule has 0 bridgehead atoms. The van der Waals surface area contributed by atoms with E-state index in [1.165, 1.54) is 11.3 Å². The van der Waals surface area contributed by atoms with Crippen molar-refractivity contribution in [3.05, 3.63) is 28.6 Å². The van der Waals surface area contributed by atoms with E-state index in [-0.39, 0.29) is 0 Å². The van der Waals surface area contributed by atoms with E-state index in [2.05, 4.69) is 6.07 Å². The van der Waals surface area contributed by atoms with Gasteiger partial charge in [-0.1, -0.05) is 0 Å². The minimum atomic E-state index is 0.424. The third-order valence-corrected chi connectivity index (χ3v) is 3.40. The highest BCUT2D eigenvalue weighted by atomic mass is 35.5. The summed E-state index contributed by atoms with van der Waals surface area (Å²) in [7, 11) is 0. The van der Waals surface area contributed by atoms with Gasteiger partial charge < -0.3 is 5.73 Å². The number of thiophene rings is 1. The Hall–Kier alpha value is -1.24. The van der Waals surface area contributed by atoms with Crippen LogP contribution < -0.4 is 5.73 Å². The number of halogens is 1. The molecule has 0 atom stereocenters. The third kappa shape index (κ3) is 1.33. The highest BCUT2D eigenvalue weighted by molar-refractivity contribution is 7.17. The van der Waals surface area contributed by atoms with Gasteiger partial charge >= 0.3 is 0 Å². The largest absolute Gasteiger partial charge is 0.399 e. The number of nitrogens with two attached hydrogens (primary N) is 1. The van der Waals surface area contributed by atoms with Crippen LogP contribution in [0, 0.1) is 11.3 Å². The third-order valence-electron chi connectivity index (χ3n) is 2.04. The molecule has 4 heteroatoms. The number of rotatable bonds is 1. The molecule has 0 aliphatic carbocycles. The lowest BCUT2D eigenvalue weighted by atomic mass is 10.1. The average Bonchev–Trinajstić information content (AvgIpc) is 2.59. The van der Waals surface area contributed by atoms with Gasteiger partial charge in [0.15, 0.2) is 0 Å². The van der Waals surface area contributed by atoms with Gasteiger partial charge in [-0.2, -0.15) is 5.26 Å². The fraction of sp³-hybridized carbons (Fsp3) is 0.100. The number of anilines is 1. The summed E-state index contributed by atoms with van der Waals surface area (Å²) in [6, 6.07) is 5.81. The summed E-state index contributed by atoms with van der Waals surface area (Å²) in [5.74, 6) is 0.424. The van der Waals surface area contributed by atoms with E-state index >= 15 is 0 Å². The number of nitriles is 1. The van der Waals surface area contributed by atoms with Crippen molar-refractivity contribution >= 4 is 38.7 Å². The molecular weight excluding hydrogens is 216 g/mol. The Bertz CT molecular complexity index is 525. The van der Waals surface area contributed by atoms with Gasteiger partial charge in [0.1, 0.15) is 6.07 Å². The first-order chi connectivity index (χ1) is 6.76. The van der Waals surface area contributed by atoms with Crippen molar-refractivity contribution in [3.8, 4) is 6.07 Å². The molecule has 0 amide bonds. The van der Waals surface area contributed by atoms with Crippen LogP contribution in [0.1, 0.15) is 11.1 Å². The lowest BCUT2D eigenvalue weighted by Crippen LogP contribution is -1.87. The Balaban J connectivity index is 2.85. The van der Waals surface area contributed by atoms with Crippen molar-refractivity contribution in [1.29, 1.82) is 5.26 Å². The number of hydrogen-bond donors (Lipinski definition) is 1. The monoisotopic (exact) mass is 222 g/mol. The maximum Gasteiger partial charge on any atom is 0.101 e. The average molecular weight is 223 g/mol.